The fourth-order valence-electron chi connectivity index (χ4n) is 3.03. The van der Waals surface area contributed by atoms with Gasteiger partial charge in [-0.3, -0.25) is 4.90 Å². The van der Waals surface area contributed by atoms with Crippen molar-refractivity contribution in [3.8, 4) is 12.1 Å². The molecule has 2 rings (SSSR count). The molecule has 4 nitrogen and oxygen atoms in total. The second-order valence-electron chi connectivity index (χ2n) is 5.54. The molecule has 0 aromatic heterocycles. The van der Waals surface area contributed by atoms with Crippen LogP contribution in [0.3, 0.4) is 0 Å². The quantitative estimate of drug-likeness (QED) is 0.709. The van der Waals surface area contributed by atoms with Crippen LogP contribution in [0.2, 0.25) is 0 Å². The molecule has 1 aliphatic carbocycles. The molecular weight excluding hydrogens is 236 g/mol. The van der Waals surface area contributed by atoms with Gasteiger partial charge in [0.1, 0.15) is 17.7 Å². The van der Waals surface area contributed by atoms with Gasteiger partial charge in [0.15, 0.2) is 0 Å². The van der Waals surface area contributed by atoms with E-state index in [1.807, 2.05) is 37.3 Å². The molecule has 0 radical (unpaired) electrons. The van der Waals surface area contributed by atoms with Crippen molar-refractivity contribution in [2.24, 2.45) is 0 Å². The average molecular weight is 256 g/mol. The zero-order chi connectivity index (χ0) is 13.8. The van der Waals surface area contributed by atoms with Gasteiger partial charge in [-0.05, 0) is 18.4 Å². The first-order chi connectivity index (χ1) is 9.15. The fraction of sp³-hybridized carbons (Fsp3) is 0.600. The van der Waals surface area contributed by atoms with Crippen molar-refractivity contribution in [2.75, 3.05) is 27.2 Å². The summed E-state index contributed by atoms with van der Waals surface area (Å²) in [4.78, 5) is 4.41. The molecule has 0 aromatic carbocycles. The third kappa shape index (κ3) is 2.97. The maximum Gasteiger partial charge on any atom is 0.134 e. The summed E-state index contributed by atoms with van der Waals surface area (Å²) in [5.41, 5.74) is 2.31. The van der Waals surface area contributed by atoms with Gasteiger partial charge in [0.2, 0.25) is 0 Å². The van der Waals surface area contributed by atoms with Crippen molar-refractivity contribution < 1.29 is 0 Å². The molecule has 1 aliphatic heterocycles. The Hall–Kier alpha value is -1.78. The molecule has 0 atom stereocenters. The van der Waals surface area contributed by atoms with Crippen LogP contribution in [0.1, 0.15) is 25.7 Å². The van der Waals surface area contributed by atoms with Crippen LogP contribution >= 0.6 is 0 Å². The fourth-order valence-corrected chi connectivity index (χ4v) is 3.03. The van der Waals surface area contributed by atoms with Gasteiger partial charge in [0.25, 0.3) is 0 Å². The highest BCUT2D eigenvalue weighted by atomic mass is 15.2. The normalized spacial score (nSPS) is 22.5. The highest BCUT2D eigenvalue weighted by molar-refractivity contribution is 5.52. The second-order valence-corrected chi connectivity index (χ2v) is 5.54. The summed E-state index contributed by atoms with van der Waals surface area (Å²) < 4.78 is 0. The van der Waals surface area contributed by atoms with E-state index < -0.39 is 0 Å². The lowest BCUT2D eigenvalue weighted by Gasteiger charge is -2.22. The lowest BCUT2D eigenvalue weighted by Crippen LogP contribution is -2.30. The lowest BCUT2D eigenvalue weighted by molar-refractivity contribution is 0.258. The van der Waals surface area contributed by atoms with Crippen molar-refractivity contribution >= 4 is 0 Å². The predicted molar refractivity (Wildman–Crippen MR) is 73.9 cm³/mol. The molecule has 0 N–H and O–H groups in total. The van der Waals surface area contributed by atoms with Gasteiger partial charge >= 0.3 is 0 Å². The van der Waals surface area contributed by atoms with Gasteiger partial charge in [0, 0.05) is 45.0 Å². The Morgan fingerprint density at radius 2 is 1.84 bits per heavy atom. The molecule has 0 amide bonds. The number of nitriles is 2. The molecule has 1 heterocycles. The number of hydrogen-bond donors (Lipinski definition) is 0. The Bertz CT molecular complexity index is 465. The van der Waals surface area contributed by atoms with E-state index in [-0.39, 0.29) is 5.57 Å². The third-order valence-corrected chi connectivity index (χ3v) is 3.90. The topological polar surface area (TPSA) is 54.1 Å². The molecule has 1 saturated carbocycles. The molecule has 100 valence electrons. The number of hydrogen-bond acceptors (Lipinski definition) is 4. The summed E-state index contributed by atoms with van der Waals surface area (Å²) in [6.07, 6.45) is 7.14. The summed E-state index contributed by atoms with van der Waals surface area (Å²) in [7, 11) is 3.95. The van der Waals surface area contributed by atoms with Gasteiger partial charge in [-0.1, -0.05) is 12.8 Å². The van der Waals surface area contributed by atoms with E-state index in [1.165, 1.54) is 25.7 Å². The number of nitrogens with zero attached hydrogens (tertiary/aromatic N) is 4. The molecule has 2 fully saturated rings. The van der Waals surface area contributed by atoms with Gasteiger partial charge in [-0.15, -0.1) is 0 Å². The average Bonchev–Trinajstić information content (AvgIpc) is 3.00. The van der Waals surface area contributed by atoms with Crippen LogP contribution in [-0.2, 0) is 0 Å². The molecule has 2 aliphatic rings. The van der Waals surface area contributed by atoms with E-state index in [1.54, 1.807) is 0 Å². The van der Waals surface area contributed by atoms with Crippen LogP contribution in [0.5, 0.6) is 0 Å². The minimum atomic E-state index is 0.272. The van der Waals surface area contributed by atoms with Crippen molar-refractivity contribution in [3.63, 3.8) is 0 Å². The maximum atomic E-state index is 9.10. The molecule has 0 unspecified atom stereocenters. The Morgan fingerprint density at radius 1 is 1.21 bits per heavy atom. The first kappa shape index (κ1) is 13.6. The predicted octanol–water partition coefficient (Wildman–Crippen LogP) is 2.03. The van der Waals surface area contributed by atoms with Gasteiger partial charge in [-0.25, -0.2) is 0 Å². The van der Waals surface area contributed by atoms with E-state index in [9.17, 15) is 0 Å². The lowest BCUT2D eigenvalue weighted by atomic mass is 10.1. The smallest absolute Gasteiger partial charge is 0.134 e. The van der Waals surface area contributed by atoms with Crippen molar-refractivity contribution in [1.82, 2.24) is 9.80 Å². The Morgan fingerprint density at radius 3 is 2.37 bits per heavy atom. The van der Waals surface area contributed by atoms with Gasteiger partial charge < -0.3 is 4.90 Å². The zero-order valence-corrected chi connectivity index (χ0v) is 11.7. The summed E-state index contributed by atoms with van der Waals surface area (Å²) in [6, 6.07) is 4.71. The van der Waals surface area contributed by atoms with Crippen LogP contribution in [0.4, 0.5) is 0 Å². The minimum absolute atomic E-state index is 0.272. The van der Waals surface area contributed by atoms with Crippen LogP contribution in [0.15, 0.2) is 22.9 Å². The highest BCUT2D eigenvalue weighted by Gasteiger charge is 2.31. The van der Waals surface area contributed by atoms with Crippen molar-refractivity contribution in [2.45, 2.75) is 31.7 Å². The second kappa shape index (κ2) is 5.91. The molecule has 19 heavy (non-hydrogen) atoms. The Labute approximate surface area is 115 Å². The van der Waals surface area contributed by atoms with Gasteiger partial charge in [0.05, 0.1) is 0 Å². The number of rotatable bonds is 2. The van der Waals surface area contributed by atoms with E-state index >= 15 is 0 Å². The SMILES string of the molecule is CN(C)C=C1CN(C2CCCC2)CC1=C(C#N)C#N. The Balaban J connectivity index is 2.28. The minimum Gasteiger partial charge on any atom is -0.383 e. The van der Waals surface area contributed by atoms with Gasteiger partial charge in [-0.2, -0.15) is 10.5 Å². The monoisotopic (exact) mass is 256 g/mol. The molecule has 1 saturated heterocycles. The Kier molecular flexibility index (Phi) is 4.24. The van der Waals surface area contributed by atoms with Crippen LogP contribution < -0.4 is 0 Å². The number of allylic oxidation sites excluding steroid dienone is 1. The molecule has 4 heteroatoms. The summed E-state index contributed by atoms with van der Waals surface area (Å²) >= 11 is 0. The molecular formula is C15H20N4. The third-order valence-electron chi connectivity index (χ3n) is 3.90. The van der Waals surface area contributed by atoms with E-state index in [4.69, 9.17) is 10.5 Å². The summed E-state index contributed by atoms with van der Waals surface area (Å²) in [6.45, 7) is 1.62. The van der Waals surface area contributed by atoms with E-state index in [0.29, 0.717) is 6.04 Å². The van der Waals surface area contributed by atoms with Crippen molar-refractivity contribution in [3.05, 3.63) is 22.9 Å². The van der Waals surface area contributed by atoms with E-state index in [2.05, 4.69) is 4.90 Å². The first-order valence-electron chi connectivity index (χ1n) is 6.80. The number of likely N-dealkylation sites (tertiary alicyclic amines) is 1. The summed E-state index contributed by atoms with van der Waals surface area (Å²) in [5, 5.41) is 18.2. The maximum absolute atomic E-state index is 9.10. The first-order valence-corrected chi connectivity index (χ1v) is 6.80. The zero-order valence-electron chi connectivity index (χ0n) is 11.7. The van der Waals surface area contributed by atoms with Crippen LogP contribution in [0, 0.1) is 22.7 Å². The standard InChI is InChI=1S/C15H20N4/c1-18(2)9-13-10-19(14-5-3-4-6-14)11-15(13)12(7-16)8-17/h9,14H,3-6,10-11H2,1-2H3. The van der Waals surface area contributed by atoms with Crippen molar-refractivity contribution in [1.29, 1.82) is 10.5 Å². The molecule has 0 aromatic rings. The summed E-state index contributed by atoms with van der Waals surface area (Å²) in [5.74, 6) is 0. The largest absolute Gasteiger partial charge is 0.383 e. The van der Waals surface area contributed by atoms with Crippen LogP contribution in [-0.4, -0.2) is 43.0 Å². The van der Waals surface area contributed by atoms with Crippen LogP contribution in [0.25, 0.3) is 0 Å². The van der Waals surface area contributed by atoms with E-state index in [0.717, 1.165) is 24.2 Å². The highest BCUT2D eigenvalue weighted by Crippen LogP contribution is 2.32. The molecule has 0 spiro atoms. The molecule has 0 bridgehead atoms.